The maximum Gasteiger partial charge on any atom is 0.179 e. The molecule has 0 saturated carbocycles. The molecule has 2 N–H and O–H groups in total. The Labute approximate surface area is 131 Å². The molecule has 0 bridgehead atoms. The van der Waals surface area contributed by atoms with E-state index in [9.17, 15) is 5.11 Å². The molecule has 1 aliphatic heterocycles. The van der Waals surface area contributed by atoms with Crippen LogP contribution in [0.1, 0.15) is 32.3 Å². The van der Waals surface area contributed by atoms with Gasteiger partial charge in [0.1, 0.15) is 13.2 Å². The van der Waals surface area contributed by atoms with Crippen LogP contribution in [-0.2, 0) is 6.54 Å². The molecule has 0 fully saturated rings. The molecule has 1 aliphatic rings. The van der Waals surface area contributed by atoms with Crippen LogP contribution in [0.15, 0.2) is 12.1 Å². The van der Waals surface area contributed by atoms with Crippen molar-refractivity contribution in [1.82, 2.24) is 5.32 Å². The van der Waals surface area contributed by atoms with Crippen molar-refractivity contribution in [2.75, 3.05) is 26.4 Å². The predicted octanol–water partition coefficient (Wildman–Crippen LogP) is 3.00. The summed E-state index contributed by atoms with van der Waals surface area (Å²) in [5.74, 6) is 1.35. The first-order chi connectivity index (χ1) is 10.1. The average Bonchev–Trinajstić information content (AvgIpc) is 2.52. The summed E-state index contributed by atoms with van der Waals surface area (Å²) in [6.07, 6.45) is 1.91. The highest BCUT2D eigenvalue weighted by Crippen LogP contribution is 2.38. The second-order valence-corrected chi connectivity index (χ2v) is 5.98. The maximum absolute atomic E-state index is 9.58. The van der Waals surface area contributed by atoms with E-state index in [0.717, 1.165) is 24.9 Å². The molecule has 118 valence electrons. The Hall–Kier alpha value is -0.970. The van der Waals surface area contributed by atoms with Crippen LogP contribution >= 0.6 is 11.6 Å². The number of rotatable bonds is 7. The molecule has 0 unspecified atom stereocenters. The summed E-state index contributed by atoms with van der Waals surface area (Å²) >= 11 is 6.23. The van der Waals surface area contributed by atoms with Gasteiger partial charge in [0.25, 0.3) is 0 Å². The summed E-state index contributed by atoms with van der Waals surface area (Å²) in [5, 5.41) is 13.6. The van der Waals surface area contributed by atoms with Crippen LogP contribution in [0.25, 0.3) is 0 Å². The molecule has 0 spiro atoms. The third-order valence-corrected chi connectivity index (χ3v) is 4.60. The molecule has 1 heterocycles. The number of aliphatic hydroxyl groups excluding tert-OH is 1. The molecular formula is C16H24ClNO3. The number of aliphatic hydroxyl groups is 1. The molecule has 0 amide bonds. The van der Waals surface area contributed by atoms with E-state index < -0.39 is 0 Å². The number of hydrogen-bond acceptors (Lipinski definition) is 4. The van der Waals surface area contributed by atoms with E-state index in [1.807, 2.05) is 12.1 Å². The zero-order chi connectivity index (χ0) is 15.3. The van der Waals surface area contributed by atoms with Crippen molar-refractivity contribution in [3.8, 4) is 11.5 Å². The van der Waals surface area contributed by atoms with E-state index in [2.05, 4.69) is 19.2 Å². The summed E-state index contributed by atoms with van der Waals surface area (Å²) in [6.45, 7) is 7.00. The average molecular weight is 314 g/mol. The smallest absolute Gasteiger partial charge is 0.179 e. The lowest BCUT2D eigenvalue weighted by Gasteiger charge is -2.29. The van der Waals surface area contributed by atoms with Crippen LogP contribution in [0.4, 0.5) is 0 Å². The molecule has 21 heavy (non-hydrogen) atoms. The molecule has 4 nitrogen and oxygen atoms in total. The molecule has 0 aliphatic carbocycles. The Morgan fingerprint density at radius 1 is 1.24 bits per heavy atom. The van der Waals surface area contributed by atoms with Crippen LogP contribution in [0.3, 0.4) is 0 Å². The molecule has 0 atom stereocenters. The summed E-state index contributed by atoms with van der Waals surface area (Å²) in [6, 6.07) is 3.87. The summed E-state index contributed by atoms with van der Waals surface area (Å²) < 4.78 is 11.1. The monoisotopic (exact) mass is 313 g/mol. The van der Waals surface area contributed by atoms with Gasteiger partial charge in [-0.2, -0.15) is 0 Å². The molecular weight excluding hydrogens is 290 g/mol. The van der Waals surface area contributed by atoms with E-state index in [4.69, 9.17) is 21.1 Å². The summed E-state index contributed by atoms with van der Waals surface area (Å²) in [5.41, 5.74) is 1.01. The summed E-state index contributed by atoms with van der Waals surface area (Å²) in [4.78, 5) is 0. The van der Waals surface area contributed by atoms with Crippen molar-refractivity contribution in [1.29, 1.82) is 0 Å². The van der Waals surface area contributed by atoms with Crippen molar-refractivity contribution in [3.05, 3.63) is 22.7 Å². The zero-order valence-corrected chi connectivity index (χ0v) is 13.5. The molecule has 1 aromatic rings. The number of nitrogens with one attached hydrogen (secondary N) is 1. The number of ether oxygens (including phenoxy) is 2. The first-order valence-electron chi connectivity index (χ1n) is 7.53. The van der Waals surface area contributed by atoms with Crippen LogP contribution < -0.4 is 14.8 Å². The maximum atomic E-state index is 9.58. The van der Waals surface area contributed by atoms with Gasteiger partial charge in [0.15, 0.2) is 11.5 Å². The van der Waals surface area contributed by atoms with Crippen LogP contribution in [0.2, 0.25) is 5.02 Å². The van der Waals surface area contributed by atoms with E-state index in [-0.39, 0.29) is 12.0 Å². The summed E-state index contributed by atoms with van der Waals surface area (Å²) in [7, 11) is 0. The SMILES string of the molecule is CCC(CC)(CO)CNCc1cc(Cl)c2c(c1)OCCO2. The number of halogens is 1. The second-order valence-electron chi connectivity index (χ2n) is 5.57. The molecule has 0 saturated heterocycles. The Balaban J connectivity index is 1.99. The lowest BCUT2D eigenvalue weighted by molar-refractivity contribution is 0.113. The topological polar surface area (TPSA) is 50.7 Å². The normalized spacial score (nSPS) is 14.3. The third-order valence-electron chi connectivity index (χ3n) is 4.32. The lowest BCUT2D eigenvalue weighted by atomic mass is 9.83. The molecule has 0 radical (unpaired) electrons. The minimum Gasteiger partial charge on any atom is -0.486 e. The Morgan fingerprint density at radius 2 is 1.95 bits per heavy atom. The Kier molecular flexibility index (Phi) is 5.73. The van der Waals surface area contributed by atoms with Gasteiger partial charge in [0.05, 0.1) is 5.02 Å². The Bertz CT molecular complexity index is 467. The first kappa shape index (κ1) is 16.4. The molecule has 5 heteroatoms. The highest BCUT2D eigenvalue weighted by Gasteiger charge is 2.24. The van der Waals surface area contributed by atoms with Gasteiger partial charge in [-0.25, -0.2) is 0 Å². The van der Waals surface area contributed by atoms with Gasteiger partial charge in [-0.05, 0) is 30.5 Å². The molecule has 1 aromatic carbocycles. The largest absolute Gasteiger partial charge is 0.486 e. The molecule has 2 rings (SSSR count). The lowest BCUT2D eigenvalue weighted by Crippen LogP contribution is -2.36. The Morgan fingerprint density at radius 3 is 2.62 bits per heavy atom. The van der Waals surface area contributed by atoms with Gasteiger partial charge in [-0.3, -0.25) is 0 Å². The van der Waals surface area contributed by atoms with E-state index in [1.165, 1.54) is 0 Å². The van der Waals surface area contributed by atoms with E-state index >= 15 is 0 Å². The van der Waals surface area contributed by atoms with Crippen LogP contribution in [0.5, 0.6) is 11.5 Å². The van der Waals surface area contributed by atoms with Crippen molar-refractivity contribution in [2.45, 2.75) is 33.2 Å². The van der Waals surface area contributed by atoms with Crippen molar-refractivity contribution in [3.63, 3.8) is 0 Å². The van der Waals surface area contributed by atoms with E-state index in [0.29, 0.717) is 36.3 Å². The first-order valence-corrected chi connectivity index (χ1v) is 7.91. The van der Waals surface area contributed by atoms with Gasteiger partial charge in [-0.1, -0.05) is 25.4 Å². The standard InChI is InChI=1S/C16H24ClNO3/c1-3-16(4-2,11-19)10-18-9-12-7-13(17)15-14(8-12)20-5-6-21-15/h7-8,18-19H,3-6,9-11H2,1-2H3. The second kappa shape index (κ2) is 7.34. The van der Waals surface area contributed by atoms with Crippen molar-refractivity contribution in [2.24, 2.45) is 5.41 Å². The third kappa shape index (κ3) is 3.82. The minimum absolute atomic E-state index is 0.0440. The fourth-order valence-electron chi connectivity index (χ4n) is 2.52. The minimum atomic E-state index is -0.0440. The fourth-order valence-corrected chi connectivity index (χ4v) is 2.81. The van der Waals surface area contributed by atoms with Crippen LogP contribution in [-0.4, -0.2) is 31.5 Å². The van der Waals surface area contributed by atoms with Crippen LogP contribution in [0, 0.1) is 5.41 Å². The predicted molar refractivity (Wildman–Crippen MR) is 84.2 cm³/mol. The van der Waals surface area contributed by atoms with Crippen molar-refractivity contribution < 1.29 is 14.6 Å². The highest BCUT2D eigenvalue weighted by molar-refractivity contribution is 6.32. The fraction of sp³-hybridized carbons (Fsp3) is 0.625. The quantitative estimate of drug-likeness (QED) is 0.812. The van der Waals surface area contributed by atoms with Gasteiger partial charge in [0, 0.05) is 25.1 Å². The number of hydrogen-bond donors (Lipinski definition) is 2. The molecule has 0 aromatic heterocycles. The highest BCUT2D eigenvalue weighted by atomic mass is 35.5. The van der Waals surface area contributed by atoms with E-state index in [1.54, 1.807) is 0 Å². The van der Waals surface area contributed by atoms with Gasteiger partial charge < -0.3 is 19.9 Å². The number of benzene rings is 1. The van der Waals surface area contributed by atoms with Gasteiger partial charge in [0.2, 0.25) is 0 Å². The van der Waals surface area contributed by atoms with Crippen molar-refractivity contribution >= 4 is 11.6 Å². The van der Waals surface area contributed by atoms with Gasteiger partial charge in [-0.15, -0.1) is 0 Å². The van der Waals surface area contributed by atoms with Gasteiger partial charge >= 0.3 is 0 Å². The zero-order valence-electron chi connectivity index (χ0n) is 12.7. The number of fused-ring (bicyclic) bond motifs is 1.